The lowest BCUT2D eigenvalue weighted by atomic mass is 9.42. The van der Waals surface area contributed by atoms with E-state index in [2.05, 4.69) is 59.1 Å². The molecule has 0 radical (unpaired) electrons. The van der Waals surface area contributed by atoms with E-state index in [0.717, 1.165) is 19.3 Å². The third kappa shape index (κ3) is 3.48. The van der Waals surface area contributed by atoms with E-state index in [-0.39, 0.29) is 22.9 Å². The maximum absolute atomic E-state index is 11.1. The molecule has 0 aromatic heterocycles. The van der Waals surface area contributed by atoms with Gasteiger partial charge in [0.05, 0.1) is 6.10 Å². The van der Waals surface area contributed by atoms with Gasteiger partial charge in [-0.3, -0.25) is 0 Å². The molecule has 2 unspecified atom stereocenters. The molecule has 2 aliphatic carbocycles. The van der Waals surface area contributed by atoms with Crippen molar-refractivity contribution in [2.75, 3.05) is 0 Å². The highest BCUT2D eigenvalue weighted by molar-refractivity contribution is 5.21. The lowest BCUT2D eigenvalue weighted by molar-refractivity contribution is -0.162. The monoisotopic (exact) mass is 342 g/mol. The summed E-state index contributed by atoms with van der Waals surface area (Å²) in [7, 11) is 0. The lowest BCUT2D eigenvalue weighted by Gasteiger charge is -2.62. The molecule has 0 amide bonds. The van der Waals surface area contributed by atoms with Gasteiger partial charge in [-0.2, -0.15) is 0 Å². The molecule has 25 heavy (non-hydrogen) atoms. The molecule has 140 valence electrons. The van der Waals surface area contributed by atoms with Crippen LogP contribution in [0.1, 0.15) is 73.6 Å². The van der Waals surface area contributed by atoms with E-state index in [9.17, 15) is 5.11 Å². The average Bonchev–Trinajstić information content (AvgIpc) is 2.53. The first kappa shape index (κ1) is 20.3. The summed E-state index contributed by atoms with van der Waals surface area (Å²) in [5.74, 6) is 8.93. The highest BCUT2D eigenvalue weighted by atomic mass is 16.3. The van der Waals surface area contributed by atoms with Crippen LogP contribution in [0.3, 0.4) is 0 Å². The molecule has 2 aliphatic rings. The fraction of sp³-hybridized carbons (Fsp3) is 0.750. The Morgan fingerprint density at radius 3 is 2.52 bits per heavy atom. The summed E-state index contributed by atoms with van der Waals surface area (Å²) in [6, 6.07) is 0. The van der Waals surface area contributed by atoms with Crippen LogP contribution in [-0.4, -0.2) is 11.2 Å². The predicted molar refractivity (Wildman–Crippen MR) is 108 cm³/mol. The summed E-state index contributed by atoms with van der Waals surface area (Å²) < 4.78 is 0. The molecule has 0 aliphatic heterocycles. The first-order valence-corrected chi connectivity index (χ1v) is 10.1. The minimum atomic E-state index is -0.285. The van der Waals surface area contributed by atoms with E-state index in [4.69, 9.17) is 0 Å². The van der Waals surface area contributed by atoms with E-state index in [1.54, 1.807) is 0 Å². The van der Waals surface area contributed by atoms with Gasteiger partial charge in [0, 0.05) is 11.3 Å². The molecule has 1 N–H and O–H groups in total. The van der Waals surface area contributed by atoms with Crippen molar-refractivity contribution in [3.63, 3.8) is 0 Å². The molecule has 0 saturated heterocycles. The molecule has 0 aromatic rings. The van der Waals surface area contributed by atoms with Crippen molar-refractivity contribution < 1.29 is 5.11 Å². The minimum Gasteiger partial charge on any atom is -0.392 e. The van der Waals surface area contributed by atoms with Crippen molar-refractivity contribution in [2.45, 2.75) is 79.8 Å². The van der Waals surface area contributed by atoms with Gasteiger partial charge in [0.25, 0.3) is 0 Å². The van der Waals surface area contributed by atoms with Crippen molar-refractivity contribution in [2.24, 2.45) is 34.5 Å². The number of aliphatic hydroxyl groups is 1. The van der Waals surface area contributed by atoms with Gasteiger partial charge in [0.2, 0.25) is 0 Å². The van der Waals surface area contributed by atoms with Gasteiger partial charge in [0.1, 0.15) is 0 Å². The van der Waals surface area contributed by atoms with Crippen molar-refractivity contribution >= 4 is 0 Å². The van der Waals surface area contributed by atoms with Crippen LogP contribution in [0.15, 0.2) is 24.3 Å². The van der Waals surface area contributed by atoms with E-state index in [1.165, 1.54) is 18.4 Å². The van der Waals surface area contributed by atoms with Crippen LogP contribution in [0.2, 0.25) is 0 Å². The Morgan fingerprint density at radius 2 is 1.96 bits per heavy atom. The Labute approximate surface area is 156 Å². The highest BCUT2D eigenvalue weighted by Crippen LogP contribution is 2.64. The summed E-state index contributed by atoms with van der Waals surface area (Å²) in [6.45, 7) is 17.5. The first-order chi connectivity index (χ1) is 11.7. The van der Waals surface area contributed by atoms with Gasteiger partial charge >= 0.3 is 0 Å². The second-order valence-electron chi connectivity index (χ2n) is 9.32. The predicted octanol–water partition coefficient (Wildman–Crippen LogP) is 6.00. The second kappa shape index (κ2) is 7.71. The molecule has 7 atom stereocenters. The summed E-state index contributed by atoms with van der Waals surface area (Å²) in [6.07, 6.45) is 9.51. The minimum absolute atomic E-state index is 0.156. The Bertz CT molecular complexity index is 573. The van der Waals surface area contributed by atoms with E-state index in [0.29, 0.717) is 17.8 Å². The number of hydrogen-bond acceptors (Lipinski definition) is 1. The van der Waals surface area contributed by atoms with Crippen LogP contribution in [0.5, 0.6) is 0 Å². The SMILES string of the molecule is C=CC[C@@]1(C)C(C#CC)[C@@]2(C)C(CC=C(C)C)[C@@H](C)CC[C@@H]2C[C@H]1O. The molecule has 2 saturated carbocycles. The fourth-order valence-electron chi connectivity index (χ4n) is 6.03. The second-order valence-corrected chi connectivity index (χ2v) is 9.32. The average molecular weight is 343 g/mol. The smallest absolute Gasteiger partial charge is 0.0611 e. The Balaban J connectivity index is 2.55. The Morgan fingerprint density at radius 1 is 1.28 bits per heavy atom. The van der Waals surface area contributed by atoms with Crippen LogP contribution < -0.4 is 0 Å². The number of aliphatic hydroxyl groups excluding tert-OH is 1. The third-order valence-corrected chi connectivity index (χ3v) is 7.54. The fourth-order valence-corrected chi connectivity index (χ4v) is 6.03. The molecule has 0 spiro atoms. The van der Waals surface area contributed by atoms with E-state index in [1.807, 2.05) is 13.0 Å². The maximum atomic E-state index is 11.1. The van der Waals surface area contributed by atoms with Crippen LogP contribution in [0.4, 0.5) is 0 Å². The van der Waals surface area contributed by atoms with E-state index >= 15 is 0 Å². The van der Waals surface area contributed by atoms with Gasteiger partial charge in [-0.15, -0.1) is 12.5 Å². The molecule has 0 heterocycles. The molecule has 1 heteroatoms. The quantitative estimate of drug-likeness (QED) is 0.491. The number of hydrogen-bond donors (Lipinski definition) is 1. The standard InChI is InChI=1S/C24H38O/c1-8-10-21-23(6,15-9-2)22(25)16-19-13-12-18(5)20(24(19,21)7)14-11-17(3)4/h9,11,18-22,25H,2,12-16H2,1,3-7H3/t18-,19+,20?,21?,22+,23-,24+/m0/s1. The zero-order valence-electron chi connectivity index (χ0n) is 17.2. The molecular formula is C24H38O. The largest absolute Gasteiger partial charge is 0.392 e. The van der Waals surface area contributed by atoms with Crippen LogP contribution in [0.25, 0.3) is 0 Å². The summed E-state index contributed by atoms with van der Waals surface area (Å²) in [5, 5.41) is 11.1. The van der Waals surface area contributed by atoms with E-state index < -0.39 is 0 Å². The number of rotatable bonds is 4. The molecule has 0 bridgehead atoms. The van der Waals surface area contributed by atoms with Gasteiger partial charge in [-0.05, 0) is 69.6 Å². The lowest BCUT2D eigenvalue weighted by Crippen LogP contribution is -2.60. The van der Waals surface area contributed by atoms with Gasteiger partial charge in [0.15, 0.2) is 0 Å². The molecule has 2 rings (SSSR count). The van der Waals surface area contributed by atoms with Gasteiger partial charge in [-0.25, -0.2) is 0 Å². The first-order valence-electron chi connectivity index (χ1n) is 10.1. The van der Waals surface area contributed by atoms with Crippen molar-refractivity contribution in [3.8, 4) is 11.8 Å². The van der Waals surface area contributed by atoms with Crippen molar-refractivity contribution in [1.29, 1.82) is 0 Å². The molecule has 1 nitrogen and oxygen atoms in total. The molecule has 2 fully saturated rings. The number of fused-ring (bicyclic) bond motifs is 1. The Hall–Kier alpha value is -1.00. The molecular weight excluding hydrogens is 304 g/mol. The number of allylic oxidation sites excluding steroid dienone is 3. The van der Waals surface area contributed by atoms with Crippen molar-refractivity contribution in [1.82, 2.24) is 0 Å². The summed E-state index contributed by atoms with van der Waals surface area (Å²) >= 11 is 0. The van der Waals surface area contributed by atoms with Crippen molar-refractivity contribution in [3.05, 3.63) is 24.3 Å². The Kier molecular flexibility index (Phi) is 6.26. The highest BCUT2D eigenvalue weighted by Gasteiger charge is 2.60. The maximum Gasteiger partial charge on any atom is 0.0611 e. The normalized spacial score (nSPS) is 43.4. The van der Waals surface area contributed by atoms with Crippen LogP contribution in [0, 0.1) is 46.3 Å². The zero-order valence-corrected chi connectivity index (χ0v) is 17.2. The van der Waals surface area contributed by atoms with Crippen LogP contribution >= 0.6 is 0 Å². The topological polar surface area (TPSA) is 20.2 Å². The molecule has 0 aromatic carbocycles. The summed E-state index contributed by atoms with van der Waals surface area (Å²) in [4.78, 5) is 0. The summed E-state index contributed by atoms with van der Waals surface area (Å²) in [5.41, 5.74) is 1.36. The van der Waals surface area contributed by atoms with Crippen LogP contribution in [-0.2, 0) is 0 Å². The third-order valence-electron chi connectivity index (χ3n) is 7.54. The zero-order chi connectivity index (χ0) is 18.8. The van der Waals surface area contributed by atoms with Gasteiger partial charge in [-0.1, -0.05) is 50.8 Å². The van der Waals surface area contributed by atoms with Gasteiger partial charge < -0.3 is 5.11 Å².